The van der Waals surface area contributed by atoms with E-state index in [1.165, 1.54) is 4.88 Å². The van der Waals surface area contributed by atoms with Crippen molar-refractivity contribution in [1.29, 1.82) is 0 Å². The number of aromatic nitrogens is 2. The van der Waals surface area contributed by atoms with Gasteiger partial charge in [0.05, 0.1) is 12.6 Å². The van der Waals surface area contributed by atoms with Crippen LogP contribution in [-0.4, -0.2) is 16.7 Å². The minimum absolute atomic E-state index is 0.142. The molecule has 0 radical (unpaired) electrons. The van der Waals surface area contributed by atoms with Crippen molar-refractivity contribution >= 4 is 22.4 Å². The average molecular weight is 260 g/mol. The summed E-state index contributed by atoms with van der Waals surface area (Å²) in [5.41, 5.74) is 1.42. The van der Waals surface area contributed by atoms with E-state index >= 15 is 0 Å². The van der Waals surface area contributed by atoms with Crippen LogP contribution in [0.25, 0.3) is 16.0 Å². The number of benzene rings is 1. The van der Waals surface area contributed by atoms with Gasteiger partial charge in [-0.2, -0.15) is 0 Å². The summed E-state index contributed by atoms with van der Waals surface area (Å²) < 4.78 is 6.99. The van der Waals surface area contributed by atoms with Crippen LogP contribution >= 0.6 is 11.3 Å². The number of hydrogen-bond acceptors (Lipinski definition) is 3. The molecule has 0 aliphatic heterocycles. The van der Waals surface area contributed by atoms with Crippen LogP contribution in [-0.2, 0) is 0 Å². The van der Waals surface area contributed by atoms with E-state index in [-0.39, 0.29) is 5.69 Å². The van der Waals surface area contributed by atoms with Gasteiger partial charge in [0.2, 0.25) is 0 Å². The molecule has 4 nitrogen and oxygen atoms in total. The van der Waals surface area contributed by atoms with E-state index in [1.807, 2.05) is 37.3 Å². The topological polar surface area (TPSA) is 47.0 Å². The molecule has 0 spiro atoms. The Labute approximate surface area is 107 Å². The zero-order valence-corrected chi connectivity index (χ0v) is 10.9. The van der Waals surface area contributed by atoms with E-state index < -0.39 is 0 Å². The van der Waals surface area contributed by atoms with Crippen molar-refractivity contribution in [1.82, 2.24) is 9.55 Å². The van der Waals surface area contributed by atoms with Crippen molar-refractivity contribution < 1.29 is 4.74 Å². The third-order valence-corrected chi connectivity index (χ3v) is 3.82. The molecule has 0 saturated carbocycles. The van der Waals surface area contributed by atoms with Gasteiger partial charge in [0, 0.05) is 4.88 Å². The first kappa shape index (κ1) is 11.1. The van der Waals surface area contributed by atoms with Gasteiger partial charge < -0.3 is 9.72 Å². The Balaban J connectivity index is 2.41. The second-order valence-corrected chi connectivity index (χ2v) is 5.27. The molecule has 1 N–H and O–H groups in total. The van der Waals surface area contributed by atoms with Crippen LogP contribution in [0, 0.1) is 6.92 Å². The number of thiophene rings is 1. The number of para-hydroxylation sites is 1. The summed E-state index contributed by atoms with van der Waals surface area (Å²) in [6, 6.07) is 9.53. The number of fused-ring (bicyclic) bond motifs is 1. The van der Waals surface area contributed by atoms with Crippen molar-refractivity contribution in [3.63, 3.8) is 0 Å². The van der Waals surface area contributed by atoms with Gasteiger partial charge in [-0.1, -0.05) is 6.07 Å². The molecule has 0 unspecified atom stereocenters. The van der Waals surface area contributed by atoms with Gasteiger partial charge in [-0.25, -0.2) is 9.36 Å². The fraction of sp³-hybridized carbons (Fsp3) is 0.154. The van der Waals surface area contributed by atoms with Crippen LogP contribution in [0.4, 0.5) is 0 Å². The lowest BCUT2D eigenvalue weighted by Gasteiger charge is -2.04. The predicted octanol–water partition coefficient (Wildman–Crippen LogP) is 2.70. The summed E-state index contributed by atoms with van der Waals surface area (Å²) >= 11 is 1.58. The van der Waals surface area contributed by atoms with Crippen LogP contribution in [0.3, 0.4) is 0 Å². The van der Waals surface area contributed by atoms with E-state index in [0.29, 0.717) is 5.75 Å². The van der Waals surface area contributed by atoms with Crippen molar-refractivity contribution in [2.45, 2.75) is 6.92 Å². The smallest absolute Gasteiger partial charge is 0.331 e. The molecular formula is C13H12N2O2S. The number of aryl methyl sites for hydroxylation is 1. The van der Waals surface area contributed by atoms with Crippen molar-refractivity contribution in [2.75, 3.05) is 7.11 Å². The van der Waals surface area contributed by atoms with Gasteiger partial charge in [0.15, 0.2) is 0 Å². The number of hydrogen-bond donors (Lipinski definition) is 1. The maximum atomic E-state index is 12.1. The minimum atomic E-state index is -0.142. The highest BCUT2D eigenvalue weighted by molar-refractivity contribution is 7.14. The van der Waals surface area contributed by atoms with Gasteiger partial charge in [-0.3, -0.25) is 0 Å². The number of ether oxygens (including phenoxy) is 1. The molecule has 5 heteroatoms. The lowest BCUT2D eigenvalue weighted by atomic mass is 10.3. The summed E-state index contributed by atoms with van der Waals surface area (Å²) in [6.45, 7) is 2.02. The van der Waals surface area contributed by atoms with Gasteiger partial charge in [-0.15, -0.1) is 11.3 Å². The maximum absolute atomic E-state index is 12.1. The molecule has 0 aliphatic carbocycles. The second-order valence-electron chi connectivity index (χ2n) is 4.01. The number of aromatic amines is 1. The summed E-state index contributed by atoms with van der Waals surface area (Å²) in [5.74, 6) is 0.692. The number of nitrogens with one attached hydrogen (secondary N) is 1. The quantitative estimate of drug-likeness (QED) is 0.770. The van der Waals surface area contributed by atoms with Gasteiger partial charge >= 0.3 is 5.69 Å². The number of nitrogens with zero attached hydrogens (tertiary/aromatic N) is 1. The Morgan fingerprint density at radius 1 is 1.28 bits per heavy atom. The third kappa shape index (κ3) is 1.55. The van der Waals surface area contributed by atoms with Crippen molar-refractivity contribution in [2.24, 2.45) is 0 Å². The van der Waals surface area contributed by atoms with Gasteiger partial charge in [-0.05, 0) is 31.2 Å². The van der Waals surface area contributed by atoms with Crippen LogP contribution in [0.5, 0.6) is 5.75 Å². The zero-order chi connectivity index (χ0) is 12.7. The molecule has 0 bridgehead atoms. The monoisotopic (exact) mass is 260 g/mol. The number of rotatable bonds is 2. The van der Waals surface area contributed by atoms with Gasteiger partial charge in [0.1, 0.15) is 16.3 Å². The van der Waals surface area contributed by atoms with Crippen molar-refractivity contribution in [3.05, 3.63) is 45.7 Å². The highest BCUT2D eigenvalue weighted by Gasteiger charge is 2.13. The zero-order valence-electron chi connectivity index (χ0n) is 10.1. The SMILES string of the molecule is COc1cccc2[nH]c(=O)n(-c3ccc(C)s3)c12. The molecule has 2 heterocycles. The highest BCUT2D eigenvalue weighted by Crippen LogP contribution is 2.28. The largest absolute Gasteiger partial charge is 0.494 e. The van der Waals surface area contributed by atoms with Gasteiger partial charge in [0.25, 0.3) is 0 Å². The average Bonchev–Trinajstić information content (AvgIpc) is 2.91. The normalized spacial score (nSPS) is 11.0. The van der Waals surface area contributed by atoms with E-state index in [9.17, 15) is 4.79 Å². The lowest BCUT2D eigenvalue weighted by molar-refractivity contribution is 0.418. The Hall–Kier alpha value is -2.01. The van der Waals surface area contributed by atoms with Crippen LogP contribution in [0.1, 0.15) is 4.88 Å². The predicted molar refractivity (Wildman–Crippen MR) is 73.1 cm³/mol. The molecular weight excluding hydrogens is 248 g/mol. The molecule has 0 aliphatic rings. The van der Waals surface area contributed by atoms with E-state index in [0.717, 1.165) is 16.0 Å². The summed E-state index contributed by atoms with van der Waals surface area (Å²) in [5, 5.41) is 0.897. The molecule has 0 atom stereocenters. The van der Waals surface area contributed by atoms with Crippen molar-refractivity contribution in [3.8, 4) is 10.8 Å². The van der Waals surface area contributed by atoms with Crippen LogP contribution < -0.4 is 10.4 Å². The van der Waals surface area contributed by atoms with E-state index in [1.54, 1.807) is 23.0 Å². The molecule has 3 rings (SSSR count). The maximum Gasteiger partial charge on any atom is 0.331 e. The minimum Gasteiger partial charge on any atom is -0.494 e. The number of methoxy groups -OCH3 is 1. The third-order valence-electron chi connectivity index (χ3n) is 2.83. The number of imidazole rings is 1. The Kier molecular flexibility index (Phi) is 2.48. The fourth-order valence-corrected chi connectivity index (χ4v) is 2.91. The summed E-state index contributed by atoms with van der Waals surface area (Å²) in [6.07, 6.45) is 0. The first-order valence-electron chi connectivity index (χ1n) is 5.55. The standard InChI is InChI=1S/C13H12N2O2S/c1-8-6-7-11(18-8)15-12-9(14-13(15)16)4-3-5-10(12)17-2/h3-7H,1-2H3,(H,14,16). The second kappa shape index (κ2) is 4.03. The molecule has 2 aromatic heterocycles. The summed E-state index contributed by atoms with van der Waals surface area (Å²) in [4.78, 5) is 16.1. The molecule has 3 aromatic rings. The van der Waals surface area contributed by atoms with E-state index in [4.69, 9.17) is 4.74 Å². The Morgan fingerprint density at radius 3 is 2.78 bits per heavy atom. The number of H-pyrrole nitrogens is 1. The summed E-state index contributed by atoms with van der Waals surface area (Å²) in [7, 11) is 1.61. The fourth-order valence-electron chi connectivity index (χ4n) is 2.04. The molecule has 0 fully saturated rings. The molecule has 18 heavy (non-hydrogen) atoms. The molecule has 1 aromatic carbocycles. The van der Waals surface area contributed by atoms with Crippen LogP contribution in [0.15, 0.2) is 35.1 Å². The Bertz CT molecular complexity index is 767. The van der Waals surface area contributed by atoms with Crippen LogP contribution in [0.2, 0.25) is 0 Å². The van der Waals surface area contributed by atoms with E-state index in [2.05, 4.69) is 4.98 Å². The first-order chi connectivity index (χ1) is 8.70. The highest BCUT2D eigenvalue weighted by atomic mass is 32.1. The Morgan fingerprint density at radius 2 is 2.11 bits per heavy atom. The lowest BCUT2D eigenvalue weighted by Crippen LogP contribution is -2.13. The first-order valence-corrected chi connectivity index (χ1v) is 6.37. The molecule has 0 saturated heterocycles. The molecule has 0 amide bonds. The molecule has 92 valence electrons.